The molecule has 0 saturated carbocycles. The molecule has 0 aliphatic rings. The molecule has 0 aromatic heterocycles. The number of esters is 2. The summed E-state index contributed by atoms with van der Waals surface area (Å²) in [4.78, 5) is 21.8. The number of sulfonamides is 1. The van der Waals surface area contributed by atoms with Crippen LogP contribution in [0.5, 0.6) is 0 Å². The van der Waals surface area contributed by atoms with Crippen LogP contribution in [0.4, 0.5) is 0 Å². The van der Waals surface area contributed by atoms with E-state index in [0.29, 0.717) is 6.42 Å². The molecule has 1 N–H and O–H groups in total. The molecule has 7 nitrogen and oxygen atoms in total. The van der Waals surface area contributed by atoms with Crippen molar-refractivity contribution in [2.24, 2.45) is 5.92 Å². The molecule has 0 aliphatic heterocycles. The summed E-state index contributed by atoms with van der Waals surface area (Å²) in [5, 5.41) is 0. The third kappa shape index (κ3) is 10.5. The van der Waals surface area contributed by atoms with Crippen molar-refractivity contribution in [3.63, 3.8) is 0 Å². The van der Waals surface area contributed by atoms with E-state index in [9.17, 15) is 18.0 Å². The van der Waals surface area contributed by atoms with Crippen LogP contribution in [0.15, 0.2) is 12.2 Å². The van der Waals surface area contributed by atoms with Crippen LogP contribution in [0.2, 0.25) is 0 Å². The summed E-state index contributed by atoms with van der Waals surface area (Å²) in [5.74, 6) is -1.22. The lowest BCUT2D eigenvalue weighted by atomic mass is 10.3. The minimum Gasteiger partial charge on any atom is -0.466 e. The molecule has 8 heteroatoms. The Balaban J connectivity index is 3.80. The molecule has 0 heterocycles. The van der Waals surface area contributed by atoms with Gasteiger partial charge in [-0.3, -0.25) is 0 Å². The normalized spacial score (nSPS) is 11.8. The molecular formula is C12H21NO6S. The lowest BCUT2D eigenvalue weighted by Gasteiger charge is -2.08. The Morgan fingerprint density at radius 3 is 2.35 bits per heavy atom. The third-order valence-corrected chi connectivity index (χ3v) is 3.75. The number of hydrogen-bond donors (Lipinski definition) is 1. The first-order valence-corrected chi connectivity index (χ1v) is 7.82. The molecule has 0 aromatic rings. The number of rotatable bonds is 9. The minimum absolute atomic E-state index is 0.0498. The predicted molar refractivity (Wildman–Crippen MR) is 73.4 cm³/mol. The van der Waals surface area contributed by atoms with E-state index in [2.05, 4.69) is 9.46 Å². The van der Waals surface area contributed by atoms with E-state index < -0.39 is 22.0 Å². The van der Waals surface area contributed by atoms with Gasteiger partial charge in [0.15, 0.2) is 0 Å². The molecule has 0 radical (unpaired) electrons. The number of nitrogens with one attached hydrogen (secondary N) is 1. The number of hydrogen-bond acceptors (Lipinski definition) is 6. The number of carbonyl (C=O) groups is 2. The highest BCUT2D eigenvalue weighted by atomic mass is 32.2. The Morgan fingerprint density at radius 1 is 1.20 bits per heavy atom. The summed E-state index contributed by atoms with van der Waals surface area (Å²) in [7, 11) is -2.08. The van der Waals surface area contributed by atoms with Crippen molar-refractivity contribution in [2.45, 2.75) is 20.3 Å². The van der Waals surface area contributed by atoms with Gasteiger partial charge in [-0.2, -0.15) is 0 Å². The number of methoxy groups -OCH3 is 1. The molecule has 0 unspecified atom stereocenters. The summed E-state index contributed by atoms with van der Waals surface area (Å²) in [6.45, 7) is 3.89. The van der Waals surface area contributed by atoms with Crippen LogP contribution in [0, 0.1) is 5.92 Å². The maximum Gasteiger partial charge on any atom is 0.331 e. The smallest absolute Gasteiger partial charge is 0.331 e. The number of ether oxygens (including phenoxy) is 2. The van der Waals surface area contributed by atoms with E-state index in [1.807, 2.05) is 13.8 Å². The van der Waals surface area contributed by atoms with Gasteiger partial charge in [0.1, 0.15) is 0 Å². The van der Waals surface area contributed by atoms with E-state index in [4.69, 9.17) is 4.74 Å². The van der Waals surface area contributed by atoms with Crippen molar-refractivity contribution >= 4 is 22.0 Å². The molecule has 0 atom stereocenters. The van der Waals surface area contributed by atoms with E-state index in [1.165, 1.54) is 7.11 Å². The van der Waals surface area contributed by atoms with E-state index >= 15 is 0 Å². The zero-order valence-corrected chi connectivity index (χ0v) is 12.7. The van der Waals surface area contributed by atoms with Gasteiger partial charge in [-0.1, -0.05) is 13.8 Å². The zero-order chi connectivity index (χ0) is 15.6. The van der Waals surface area contributed by atoms with Crippen LogP contribution in [0.3, 0.4) is 0 Å². The van der Waals surface area contributed by atoms with Gasteiger partial charge in [-0.15, -0.1) is 0 Å². The average Bonchev–Trinajstić information content (AvgIpc) is 2.33. The van der Waals surface area contributed by atoms with Crippen molar-refractivity contribution in [1.29, 1.82) is 0 Å². The Hall–Kier alpha value is -1.41. The molecule has 0 spiro atoms. The highest BCUT2D eigenvalue weighted by Crippen LogP contribution is 1.97. The van der Waals surface area contributed by atoms with Crippen molar-refractivity contribution in [3.05, 3.63) is 12.2 Å². The number of carbonyl (C=O) groups excluding carboxylic acids is 2. The molecule has 0 rings (SSSR count). The van der Waals surface area contributed by atoms with Gasteiger partial charge in [-0.05, 0) is 12.3 Å². The largest absolute Gasteiger partial charge is 0.466 e. The molecule has 116 valence electrons. The van der Waals surface area contributed by atoms with Gasteiger partial charge in [-0.25, -0.2) is 22.7 Å². The Bertz CT molecular complexity index is 441. The lowest BCUT2D eigenvalue weighted by Crippen LogP contribution is -2.30. The predicted octanol–water partition coefficient (Wildman–Crippen LogP) is 0.224. The Kier molecular flexibility index (Phi) is 8.82. The quantitative estimate of drug-likeness (QED) is 0.372. The van der Waals surface area contributed by atoms with E-state index in [1.54, 1.807) is 0 Å². The van der Waals surface area contributed by atoms with Crippen LogP contribution in [-0.4, -0.2) is 46.4 Å². The summed E-state index contributed by atoms with van der Waals surface area (Å²) in [5.41, 5.74) is 0. The van der Waals surface area contributed by atoms with Crippen LogP contribution < -0.4 is 4.72 Å². The zero-order valence-electron chi connectivity index (χ0n) is 11.9. The standard InChI is InChI=1S/C12H21NO6S/c1-10(2)9-20(16,17)13-7-4-8-19-12(15)6-5-11(14)18-3/h5-6,10,13H,4,7-9H2,1-3H3/b6-5+. The van der Waals surface area contributed by atoms with Crippen molar-refractivity contribution in [1.82, 2.24) is 4.72 Å². The summed E-state index contributed by atoms with van der Waals surface area (Å²) in [6, 6.07) is 0. The Labute approximate surface area is 119 Å². The Morgan fingerprint density at radius 2 is 1.80 bits per heavy atom. The van der Waals surface area contributed by atoms with Gasteiger partial charge in [0.05, 0.1) is 19.5 Å². The molecule has 0 amide bonds. The molecule has 0 aliphatic carbocycles. The lowest BCUT2D eigenvalue weighted by molar-refractivity contribution is -0.139. The first-order chi connectivity index (χ1) is 9.26. The molecule has 0 bridgehead atoms. The fourth-order valence-electron chi connectivity index (χ4n) is 1.22. The monoisotopic (exact) mass is 307 g/mol. The van der Waals surface area contributed by atoms with Crippen LogP contribution >= 0.6 is 0 Å². The topological polar surface area (TPSA) is 98.8 Å². The first kappa shape index (κ1) is 18.6. The molecule has 0 aromatic carbocycles. The fourth-order valence-corrected chi connectivity index (χ4v) is 2.67. The second kappa shape index (κ2) is 9.49. The van der Waals surface area contributed by atoms with Gasteiger partial charge >= 0.3 is 11.9 Å². The SMILES string of the molecule is COC(=O)/C=C/C(=O)OCCCNS(=O)(=O)CC(C)C. The molecule has 0 saturated heterocycles. The van der Waals surface area contributed by atoms with Gasteiger partial charge in [0.25, 0.3) is 0 Å². The maximum absolute atomic E-state index is 11.5. The molecular weight excluding hydrogens is 286 g/mol. The second-order valence-electron chi connectivity index (χ2n) is 4.45. The van der Waals surface area contributed by atoms with Crippen LogP contribution in [0.25, 0.3) is 0 Å². The molecule has 20 heavy (non-hydrogen) atoms. The summed E-state index contributed by atoms with van der Waals surface area (Å²) >= 11 is 0. The second-order valence-corrected chi connectivity index (χ2v) is 6.30. The van der Waals surface area contributed by atoms with Crippen molar-refractivity contribution < 1.29 is 27.5 Å². The third-order valence-electron chi connectivity index (χ3n) is 2.00. The van der Waals surface area contributed by atoms with Crippen molar-refractivity contribution in [2.75, 3.05) is 26.0 Å². The minimum atomic E-state index is -3.27. The van der Waals surface area contributed by atoms with Gasteiger partial charge in [0.2, 0.25) is 10.0 Å². The first-order valence-electron chi connectivity index (χ1n) is 6.17. The van der Waals surface area contributed by atoms with E-state index in [0.717, 1.165) is 12.2 Å². The maximum atomic E-state index is 11.5. The van der Waals surface area contributed by atoms with Crippen molar-refractivity contribution in [3.8, 4) is 0 Å². The highest BCUT2D eigenvalue weighted by molar-refractivity contribution is 7.89. The molecule has 0 fully saturated rings. The van der Waals surface area contributed by atoms with Crippen LogP contribution in [0.1, 0.15) is 20.3 Å². The highest BCUT2D eigenvalue weighted by Gasteiger charge is 2.11. The summed E-state index contributed by atoms with van der Waals surface area (Å²) in [6.07, 6.45) is 2.26. The summed E-state index contributed by atoms with van der Waals surface area (Å²) < 4.78 is 34.4. The average molecular weight is 307 g/mol. The van der Waals surface area contributed by atoms with E-state index in [-0.39, 0.29) is 24.8 Å². The van der Waals surface area contributed by atoms with Gasteiger partial charge < -0.3 is 9.47 Å². The van der Waals surface area contributed by atoms with Gasteiger partial charge in [0, 0.05) is 18.7 Å². The fraction of sp³-hybridized carbons (Fsp3) is 0.667. The van der Waals surface area contributed by atoms with Crippen LogP contribution in [-0.2, 0) is 29.1 Å².